The summed E-state index contributed by atoms with van der Waals surface area (Å²) in [5.41, 5.74) is 0.746. The molecule has 1 aliphatic rings. The van der Waals surface area contributed by atoms with Crippen molar-refractivity contribution >= 4 is 5.91 Å². The quantitative estimate of drug-likeness (QED) is 0.899. The van der Waals surface area contributed by atoms with Crippen molar-refractivity contribution in [2.75, 3.05) is 26.8 Å². The fraction of sp³-hybridized carbons (Fsp3) is 0.562. The molecular formula is C16H23NO4. The van der Waals surface area contributed by atoms with Crippen molar-refractivity contribution in [3.8, 4) is 11.5 Å². The van der Waals surface area contributed by atoms with Gasteiger partial charge in [-0.25, -0.2) is 0 Å². The summed E-state index contributed by atoms with van der Waals surface area (Å²) < 4.78 is 10.8. The highest BCUT2D eigenvalue weighted by molar-refractivity contribution is 5.78. The number of amides is 1. The maximum atomic E-state index is 12.1. The lowest BCUT2D eigenvalue weighted by Crippen LogP contribution is -2.40. The minimum Gasteiger partial charge on any atom is -0.493 e. The fourth-order valence-corrected chi connectivity index (χ4v) is 2.42. The number of hydrogen-bond donors (Lipinski definition) is 1. The van der Waals surface area contributed by atoms with Gasteiger partial charge in [0, 0.05) is 13.1 Å². The van der Waals surface area contributed by atoms with Gasteiger partial charge in [-0.1, -0.05) is 13.0 Å². The maximum absolute atomic E-state index is 12.1. The van der Waals surface area contributed by atoms with Crippen molar-refractivity contribution in [2.45, 2.75) is 26.4 Å². The molecule has 116 valence electrons. The molecule has 5 heteroatoms. The Hall–Kier alpha value is -1.75. The lowest BCUT2D eigenvalue weighted by Gasteiger charge is -2.30. The fourth-order valence-electron chi connectivity index (χ4n) is 2.42. The summed E-state index contributed by atoms with van der Waals surface area (Å²) in [6.45, 7) is 3.80. The summed E-state index contributed by atoms with van der Waals surface area (Å²) in [5.74, 6) is 1.76. The van der Waals surface area contributed by atoms with Crippen LogP contribution in [-0.2, 0) is 11.4 Å². The molecule has 21 heavy (non-hydrogen) atoms. The van der Waals surface area contributed by atoms with E-state index in [1.165, 1.54) is 7.11 Å². The number of benzene rings is 1. The van der Waals surface area contributed by atoms with Crippen LogP contribution in [0.15, 0.2) is 18.2 Å². The molecule has 1 heterocycles. The van der Waals surface area contributed by atoms with Crippen LogP contribution in [0.2, 0.25) is 0 Å². The number of ether oxygens (including phenoxy) is 2. The number of rotatable bonds is 5. The summed E-state index contributed by atoms with van der Waals surface area (Å²) in [5, 5.41) is 9.10. The molecule has 0 saturated carbocycles. The standard InChI is InChI=1S/C16H23NO4/c1-12-5-7-17(8-6-12)16(19)11-21-14-4-3-13(10-18)9-15(14)20-2/h3-4,9,12,18H,5-8,10-11H2,1-2H3. The topological polar surface area (TPSA) is 59.0 Å². The molecule has 0 bridgehead atoms. The number of carbonyl (C=O) groups excluding carboxylic acids is 1. The SMILES string of the molecule is COc1cc(CO)ccc1OCC(=O)N1CCC(C)CC1. The van der Waals surface area contributed by atoms with Gasteiger partial charge in [-0.15, -0.1) is 0 Å². The Labute approximate surface area is 125 Å². The minimum atomic E-state index is -0.0540. The molecule has 1 fully saturated rings. The Bertz CT molecular complexity index is 481. The van der Waals surface area contributed by atoms with E-state index in [1.54, 1.807) is 18.2 Å². The van der Waals surface area contributed by atoms with Crippen molar-refractivity contribution in [2.24, 2.45) is 5.92 Å². The smallest absolute Gasteiger partial charge is 0.260 e. The van der Waals surface area contributed by atoms with Gasteiger partial charge < -0.3 is 19.5 Å². The van der Waals surface area contributed by atoms with Crippen molar-refractivity contribution in [3.05, 3.63) is 23.8 Å². The van der Waals surface area contributed by atoms with Crippen molar-refractivity contribution in [3.63, 3.8) is 0 Å². The monoisotopic (exact) mass is 293 g/mol. The normalized spacial score (nSPS) is 15.9. The molecule has 0 radical (unpaired) electrons. The first kappa shape index (κ1) is 15.6. The van der Waals surface area contributed by atoms with E-state index in [0.717, 1.165) is 31.5 Å². The van der Waals surface area contributed by atoms with Gasteiger partial charge in [0.1, 0.15) is 0 Å². The number of carbonyl (C=O) groups is 1. The zero-order valence-electron chi connectivity index (χ0n) is 12.7. The Balaban J connectivity index is 1.91. The molecular weight excluding hydrogens is 270 g/mol. The van der Waals surface area contributed by atoms with Gasteiger partial charge in [-0.05, 0) is 36.5 Å². The number of nitrogens with zero attached hydrogens (tertiary/aromatic N) is 1. The summed E-state index contributed by atoms with van der Waals surface area (Å²) in [6.07, 6.45) is 2.11. The summed E-state index contributed by atoms with van der Waals surface area (Å²) in [6, 6.07) is 5.18. The van der Waals surface area contributed by atoms with Crippen molar-refractivity contribution in [1.82, 2.24) is 4.90 Å². The summed E-state index contributed by atoms with van der Waals surface area (Å²) >= 11 is 0. The third-order valence-corrected chi connectivity index (χ3v) is 3.90. The van der Waals surface area contributed by atoms with Crippen LogP contribution in [0.3, 0.4) is 0 Å². The highest BCUT2D eigenvalue weighted by Crippen LogP contribution is 2.28. The summed E-state index contributed by atoms with van der Waals surface area (Å²) in [4.78, 5) is 14.0. The van der Waals surface area contributed by atoms with Crippen LogP contribution in [0.5, 0.6) is 11.5 Å². The predicted molar refractivity (Wildman–Crippen MR) is 79.4 cm³/mol. The minimum absolute atomic E-state index is 0.00943. The Kier molecular flexibility index (Phi) is 5.44. The molecule has 1 amide bonds. The second-order valence-corrected chi connectivity index (χ2v) is 5.50. The molecule has 0 aliphatic carbocycles. The van der Waals surface area contributed by atoms with Crippen LogP contribution in [-0.4, -0.2) is 42.7 Å². The molecule has 2 rings (SSSR count). The van der Waals surface area contributed by atoms with Gasteiger partial charge in [0.15, 0.2) is 18.1 Å². The van der Waals surface area contributed by atoms with E-state index >= 15 is 0 Å². The maximum Gasteiger partial charge on any atom is 0.260 e. The lowest BCUT2D eigenvalue weighted by molar-refractivity contribution is -0.134. The number of likely N-dealkylation sites (tertiary alicyclic amines) is 1. The van der Waals surface area contributed by atoms with Crippen LogP contribution in [0.25, 0.3) is 0 Å². The molecule has 5 nitrogen and oxygen atoms in total. The van der Waals surface area contributed by atoms with Gasteiger partial charge in [0.2, 0.25) is 0 Å². The number of piperidine rings is 1. The van der Waals surface area contributed by atoms with Gasteiger partial charge in [0.05, 0.1) is 13.7 Å². The van der Waals surface area contributed by atoms with Gasteiger partial charge >= 0.3 is 0 Å². The van der Waals surface area contributed by atoms with E-state index in [0.29, 0.717) is 17.4 Å². The molecule has 1 aromatic rings. The largest absolute Gasteiger partial charge is 0.493 e. The van der Waals surface area contributed by atoms with E-state index in [1.807, 2.05) is 4.90 Å². The second kappa shape index (κ2) is 7.31. The van der Waals surface area contributed by atoms with Crippen LogP contribution in [0.1, 0.15) is 25.3 Å². The van der Waals surface area contributed by atoms with Gasteiger partial charge in [0.25, 0.3) is 5.91 Å². The van der Waals surface area contributed by atoms with Crippen LogP contribution in [0.4, 0.5) is 0 Å². The zero-order chi connectivity index (χ0) is 15.2. The molecule has 1 N–H and O–H groups in total. The first-order valence-electron chi connectivity index (χ1n) is 7.32. The highest BCUT2D eigenvalue weighted by Gasteiger charge is 2.20. The van der Waals surface area contributed by atoms with Gasteiger partial charge in [-0.2, -0.15) is 0 Å². The molecule has 0 unspecified atom stereocenters. The molecule has 1 aliphatic heterocycles. The van der Waals surface area contributed by atoms with E-state index < -0.39 is 0 Å². The predicted octanol–water partition coefficient (Wildman–Crippen LogP) is 1.82. The van der Waals surface area contributed by atoms with E-state index in [9.17, 15) is 4.79 Å². The number of aliphatic hydroxyl groups excluding tert-OH is 1. The van der Waals surface area contributed by atoms with Crippen LogP contribution in [0, 0.1) is 5.92 Å². The van der Waals surface area contributed by atoms with Crippen molar-refractivity contribution in [1.29, 1.82) is 0 Å². The van der Waals surface area contributed by atoms with Crippen LogP contribution >= 0.6 is 0 Å². The average Bonchev–Trinajstić information content (AvgIpc) is 2.53. The van der Waals surface area contributed by atoms with E-state index in [4.69, 9.17) is 14.6 Å². The number of aliphatic hydroxyl groups is 1. The van der Waals surface area contributed by atoms with Gasteiger partial charge in [-0.3, -0.25) is 4.79 Å². The lowest BCUT2D eigenvalue weighted by atomic mass is 9.99. The van der Waals surface area contributed by atoms with E-state index in [2.05, 4.69) is 6.92 Å². The molecule has 1 saturated heterocycles. The highest BCUT2D eigenvalue weighted by atomic mass is 16.5. The number of hydrogen-bond acceptors (Lipinski definition) is 4. The first-order valence-corrected chi connectivity index (χ1v) is 7.32. The third kappa shape index (κ3) is 4.11. The molecule has 0 aromatic heterocycles. The summed E-state index contributed by atoms with van der Waals surface area (Å²) in [7, 11) is 1.54. The van der Waals surface area contributed by atoms with E-state index in [-0.39, 0.29) is 19.1 Å². The average molecular weight is 293 g/mol. The Morgan fingerprint density at radius 1 is 1.33 bits per heavy atom. The van der Waals surface area contributed by atoms with Crippen molar-refractivity contribution < 1.29 is 19.4 Å². The molecule has 0 spiro atoms. The third-order valence-electron chi connectivity index (χ3n) is 3.90. The Morgan fingerprint density at radius 2 is 2.05 bits per heavy atom. The molecule has 1 aromatic carbocycles. The van der Waals surface area contributed by atoms with Crippen LogP contribution < -0.4 is 9.47 Å². The first-order chi connectivity index (χ1) is 10.1. The second-order valence-electron chi connectivity index (χ2n) is 5.50. The molecule has 0 atom stereocenters. The number of methoxy groups -OCH3 is 1. The Morgan fingerprint density at radius 3 is 2.67 bits per heavy atom. The zero-order valence-corrected chi connectivity index (χ0v) is 12.7.